The molecule has 0 saturated heterocycles. The Morgan fingerprint density at radius 2 is 1.71 bits per heavy atom. The fourth-order valence-electron chi connectivity index (χ4n) is 4.60. The fourth-order valence-corrected chi connectivity index (χ4v) is 6.85. The van der Waals surface area contributed by atoms with Gasteiger partial charge in [0.1, 0.15) is 17.6 Å². The van der Waals surface area contributed by atoms with Gasteiger partial charge in [0.05, 0.1) is 41.7 Å². The van der Waals surface area contributed by atoms with Gasteiger partial charge >= 0.3 is 0 Å². The molecular weight excluding hydrogens is 582 g/mol. The van der Waals surface area contributed by atoms with E-state index in [0.717, 1.165) is 0 Å². The van der Waals surface area contributed by atoms with E-state index in [2.05, 4.69) is 4.72 Å². The molecule has 0 fully saturated rings. The molecule has 0 aromatic heterocycles. The molecule has 3 atom stereocenters. The topological polar surface area (TPSA) is 143 Å². The van der Waals surface area contributed by atoms with Crippen molar-refractivity contribution >= 4 is 31.6 Å². The van der Waals surface area contributed by atoms with Crippen LogP contribution < -0.4 is 14.2 Å². The highest BCUT2D eigenvalue weighted by Gasteiger charge is 2.35. The number of anilines is 1. The zero-order chi connectivity index (χ0) is 30.7. The summed E-state index contributed by atoms with van der Waals surface area (Å²) in [7, 11) is -4.87. The average molecular weight is 618 g/mol. The van der Waals surface area contributed by atoms with Crippen LogP contribution in [-0.4, -0.2) is 83.1 Å². The number of nitrogens with one attached hydrogen (secondary N) is 1. The second-order valence-corrected chi connectivity index (χ2v) is 13.9. The molecule has 0 bridgehead atoms. The first-order valence-electron chi connectivity index (χ1n) is 13.3. The number of nitrogens with zero attached hydrogens (tertiary/aromatic N) is 2. The summed E-state index contributed by atoms with van der Waals surface area (Å²) in [6, 6.07) is 17.7. The second kappa shape index (κ2) is 12.7. The summed E-state index contributed by atoms with van der Waals surface area (Å²) in [5.41, 5.74) is 0.211. The smallest absolute Gasteiger partial charge is 0.261 e. The van der Waals surface area contributed by atoms with Gasteiger partial charge < -0.3 is 19.5 Å². The number of aliphatic hydroxyl groups is 1. The van der Waals surface area contributed by atoms with Crippen LogP contribution in [0.4, 0.5) is 5.69 Å². The van der Waals surface area contributed by atoms with Crippen LogP contribution in [0.2, 0.25) is 0 Å². The van der Waals surface area contributed by atoms with E-state index in [1.807, 2.05) is 6.92 Å². The van der Waals surface area contributed by atoms with Crippen molar-refractivity contribution in [3.05, 3.63) is 78.4 Å². The van der Waals surface area contributed by atoms with Gasteiger partial charge in [0.15, 0.2) is 0 Å². The van der Waals surface area contributed by atoms with Crippen LogP contribution in [0, 0.1) is 5.92 Å². The summed E-state index contributed by atoms with van der Waals surface area (Å²) < 4.78 is 67.6. The van der Waals surface area contributed by atoms with E-state index in [1.165, 1.54) is 78.0 Å². The normalized spacial score (nSPS) is 18.4. The summed E-state index contributed by atoms with van der Waals surface area (Å²) in [6.07, 6.45) is -0.671. The van der Waals surface area contributed by atoms with Gasteiger partial charge in [-0.1, -0.05) is 25.1 Å². The predicted octanol–water partition coefficient (Wildman–Crippen LogP) is 3.04. The monoisotopic (exact) mass is 617 g/mol. The Morgan fingerprint density at radius 1 is 1.05 bits per heavy atom. The first-order valence-corrected chi connectivity index (χ1v) is 16.2. The highest BCUT2D eigenvalue weighted by Crippen LogP contribution is 2.32. The van der Waals surface area contributed by atoms with E-state index < -0.39 is 38.1 Å². The van der Waals surface area contributed by atoms with Crippen LogP contribution in [0.5, 0.6) is 11.5 Å². The number of ether oxygens (including phenoxy) is 2. The molecule has 1 heterocycles. The van der Waals surface area contributed by atoms with Crippen molar-refractivity contribution in [1.29, 1.82) is 0 Å². The van der Waals surface area contributed by atoms with Crippen LogP contribution in [0.3, 0.4) is 0 Å². The summed E-state index contributed by atoms with van der Waals surface area (Å²) in [4.78, 5) is 15.3. The van der Waals surface area contributed by atoms with Crippen molar-refractivity contribution in [3.63, 3.8) is 0 Å². The Labute approximate surface area is 246 Å². The third-order valence-electron chi connectivity index (χ3n) is 7.18. The van der Waals surface area contributed by atoms with Crippen molar-refractivity contribution < 1.29 is 36.2 Å². The number of carbonyl (C=O) groups excluding carboxylic acids is 1. The molecule has 1 aliphatic rings. The Morgan fingerprint density at radius 3 is 2.33 bits per heavy atom. The maximum atomic E-state index is 13.7. The van der Waals surface area contributed by atoms with Gasteiger partial charge in [0.2, 0.25) is 10.0 Å². The largest absolute Gasteiger partial charge is 0.497 e. The molecule has 42 heavy (non-hydrogen) atoms. The molecule has 226 valence electrons. The SMILES string of the molecule is COc1ccc(S(=O)(=O)Nc2ccc3c(c2)C(=O)N([C@H](C)CO)C[C@@H](C)[C@@H](CN(C)S(=O)(=O)c2ccccc2)O3)cc1. The van der Waals surface area contributed by atoms with Gasteiger partial charge in [0.25, 0.3) is 15.9 Å². The van der Waals surface area contributed by atoms with E-state index in [1.54, 1.807) is 25.1 Å². The number of carbonyl (C=O) groups is 1. The standard InChI is InChI=1S/C29H35N3O8S2/c1-20-17-32(21(2)19-33)29(34)26-16-22(30-41(35,36)24-13-11-23(39-4)12-14-24)10-15-27(26)40-28(20)18-31(3)42(37,38)25-8-6-5-7-9-25/h5-16,20-21,28,30,33H,17-19H2,1-4H3/t20-,21-,28-/m1/s1. The van der Waals surface area contributed by atoms with Gasteiger partial charge in [-0.3, -0.25) is 9.52 Å². The Balaban J connectivity index is 1.67. The summed E-state index contributed by atoms with van der Waals surface area (Å²) in [5.74, 6) is -0.100. The molecule has 3 aromatic rings. The lowest BCUT2D eigenvalue weighted by Gasteiger charge is -2.38. The lowest BCUT2D eigenvalue weighted by atomic mass is 9.99. The van der Waals surface area contributed by atoms with E-state index in [9.17, 15) is 26.7 Å². The number of fused-ring (bicyclic) bond motifs is 1. The first-order chi connectivity index (χ1) is 19.9. The van der Waals surface area contributed by atoms with E-state index >= 15 is 0 Å². The molecule has 1 aliphatic heterocycles. The Bertz CT molecular complexity index is 1610. The van der Waals surface area contributed by atoms with Gasteiger partial charge in [-0.05, 0) is 61.5 Å². The zero-order valence-corrected chi connectivity index (χ0v) is 25.4. The van der Waals surface area contributed by atoms with Gasteiger partial charge in [-0.2, -0.15) is 4.31 Å². The van der Waals surface area contributed by atoms with Gasteiger partial charge in [0, 0.05) is 25.2 Å². The van der Waals surface area contributed by atoms with Crippen LogP contribution in [-0.2, 0) is 20.0 Å². The second-order valence-electron chi connectivity index (χ2n) is 10.2. The van der Waals surface area contributed by atoms with E-state index in [0.29, 0.717) is 5.75 Å². The number of hydrogen-bond donors (Lipinski definition) is 2. The van der Waals surface area contributed by atoms with Crippen molar-refractivity contribution in [2.24, 2.45) is 5.92 Å². The van der Waals surface area contributed by atoms with Crippen LogP contribution in [0.1, 0.15) is 24.2 Å². The maximum Gasteiger partial charge on any atom is 0.261 e. The zero-order valence-electron chi connectivity index (χ0n) is 23.8. The third kappa shape index (κ3) is 6.70. The number of methoxy groups -OCH3 is 1. The molecule has 11 nitrogen and oxygen atoms in total. The number of likely N-dealkylation sites (N-methyl/N-ethyl adjacent to an activating group) is 1. The van der Waals surface area contributed by atoms with E-state index in [4.69, 9.17) is 9.47 Å². The van der Waals surface area contributed by atoms with Crippen LogP contribution in [0.15, 0.2) is 82.6 Å². The molecule has 3 aromatic carbocycles. The van der Waals surface area contributed by atoms with Crippen molar-refractivity contribution in [3.8, 4) is 11.5 Å². The summed E-state index contributed by atoms with van der Waals surface area (Å²) in [5, 5.41) is 9.90. The third-order valence-corrected chi connectivity index (χ3v) is 10.4. The van der Waals surface area contributed by atoms with Crippen LogP contribution >= 0.6 is 0 Å². The van der Waals surface area contributed by atoms with Crippen molar-refractivity contribution in [2.75, 3.05) is 38.6 Å². The molecule has 13 heteroatoms. The minimum absolute atomic E-state index is 0.00435. The summed E-state index contributed by atoms with van der Waals surface area (Å²) in [6.45, 7) is 3.40. The number of rotatable bonds is 10. The van der Waals surface area contributed by atoms with Gasteiger partial charge in [-0.15, -0.1) is 0 Å². The number of sulfonamides is 2. The molecule has 4 rings (SSSR count). The molecule has 1 amide bonds. The maximum absolute atomic E-state index is 13.7. The number of aliphatic hydroxyl groups excluding tert-OH is 1. The Kier molecular flexibility index (Phi) is 9.46. The van der Waals surface area contributed by atoms with Crippen LogP contribution in [0.25, 0.3) is 0 Å². The molecule has 0 unspecified atom stereocenters. The molecule has 0 aliphatic carbocycles. The molecular formula is C29H35N3O8S2. The molecule has 0 radical (unpaired) electrons. The number of hydrogen-bond acceptors (Lipinski definition) is 8. The quantitative estimate of drug-likeness (QED) is 0.354. The van der Waals surface area contributed by atoms with Crippen molar-refractivity contribution in [1.82, 2.24) is 9.21 Å². The average Bonchev–Trinajstić information content (AvgIpc) is 2.99. The highest BCUT2D eigenvalue weighted by atomic mass is 32.2. The Hall–Kier alpha value is -3.65. The molecule has 0 saturated carbocycles. The molecule has 2 N–H and O–H groups in total. The number of amides is 1. The fraction of sp³-hybridized carbons (Fsp3) is 0.345. The lowest BCUT2D eigenvalue weighted by molar-refractivity contribution is 0.0387. The lowest BCUT2D eigenvalue weighted by Crippen LogP contribution is -2.50. The van der Waals surface area contributed by atoms with E-state index in [-0.39, 0.29) is 52.4 Å². The minimum atomic E-state index is -4.00. The molecule has 0 spiro atoms. The van der Waals surface area contributed by atoms with Gasteiger partial charge in [-0.25, -0.2) is 16.8 Å². The highest BCUT2D eigenvalue weighted by molar-refractivity contribution is 7.92. The minimum Gasteiger partial charge on any atom is -0.497 e. The first kappa shape index (κ1) is 31.3. The van der Waals surface area contributed by atoms with Crippen molar-refractivity contribution in [2.45, 2.75) is 35.8 Å². The summed E-state index contributed by atoms with van der Waals surface area (Å²) >= 11 is 0. The predicted molar refractivity (Wildman–Crippen MR) is 158 cm³/mol. The number of benzene rings is 3.